The van der Waals surface area contributed by atoms with E-state index in [4.69, 9.17) is 11.6 Å². The Bertz CT molecular complexity index is 687. The summed E-state index contributed by atoms with van der Waals surface area (Å²) in [6.07, 6.45) is 2.68. The molecule has 1 aliphatic rings. The van der Waals surface area contributed by atoms with Gasteiger partial charge in [0.15, 0.2) is 0 Å². The van der Waals surface area contributed by atoms with Gasteiger partial charge in [0, 0.05) is 25.8 Å². The molecule has 1 aromatic heterocycles. The lowest BCUT2D eigenvalue weighted by molar-refractivity contribution is -0.126. The number of nitrogens with one attached hydrogen (secondary N) is 1. The van der Waals surface area contributed by atoms with E-state index in [0.717, 1.165) is 25.1 Å². The van der Waals surface area contributed by atoms with E-state index in [1.807, 2.05) is 13.0 Å². The van der Waals surface area contributed by atoms with E-state index in [-0.39, 0.29) is 11.9 Å². The quantitative estimate of drug-likeness (QED) is 0.877. The Hall–Kier alpha value is -1.91. The molecule has 0 saturated carbocycles. The maximum Gasteiger partial charge on any atom is 0.237 e. The zero-order valence-electron chi connectivity index (χ0n) is 13.1. The number of fused-ring (bicyclic) bond motifs is 1. The van der Waals surface area contributed by atoms with E-state index in [0.29, 0.717) is 11.7 Å². The van der Waals surface area contributed by atoms with E-state index < -0.39 is 0 Å². The van der Waals surface area contributed by atoms with Gasteiger partial charge in [-0.3, -0.25) is 9.69 Å². The van der Waals surface area contributed by atoms with E-state index in [9.17, 15) is 4.79 Å². The first-order chi connectivity index (χ1) is 11.1. The van der Waals surface area contributed by atoms with Crippen LogP contribution >= 0.6 is 11.6 Å². The van der Waals surface area contributed by atoms with Crippen molar-refractivity contribution in [2.45, 2.75) is 32.5 Å². The highest BCUT2D eigenvalue weighted by atomic mass is 35.5. The van der Waals surface area contributed by atoms with Gasteiger partial charge < -0.3 is 5.32 Å². The van der Waals surface area contributed by atoms with Gasteiger partial charge in [0.1, 0.15) is 5.15 Å². The van der Waals surface area contributed by atoms with Crippen molar-refractivity contribution in [3.8, 4) is 0 Å². The second kappa shape index (κ2) is 7.11. The smallest absolute Gasteiger partial charge is 0.237 e. The number of rotatable bonds is 4. The fraction of sp³-hybridized carbons (Fsp3) is 0.333. The van der Waals surface area contributed by atoms with Crippen LogP contribution in [0.15, 0.2) is 42.6 Å². The minimum Gasteiger partial charge on any atom is -0.351 e. The Kier molecular flexibility index (Phi) is 4.94. The van der Waals surface area contributed by atoms with Crippen molar-refractivity contribution < 1.29 is 4.79 Å². The third-order valence-electron chi connectivity index (χ3n) is 4.34. The van der Waals surface area contributed by atoms with Crippen molar-refractivity contribution >= 4 is 17.5 Å². The molecule has 4 nitrogen and oxygen atoms in total. The zero-order valence-corrected chi connectivity index (χ0v) is 13.9. The van der Waals surface area contributed by atoms with Gasteiger partial charge in [-0.05, 0) is 36.1 Å². The maximum atomic E-state index is 12.4. The monoisotopic (exact) mass is 329 g/mol. The van der Waals surface area contributed by atoms with E-state index in [1.54, 1.807) is 12.3 Å². The number of hydrogen-bond acceptors (Lipinski definition) is 3. The van der Waals surface area contributed by atoms with Crippen molar-refractivity contribution in [2.75, 3.05) is 6.54 Å². The first kappa shape index (κ1) is 16.0. The van der Waals surface area contributed by atoms with Crippen LogP contribution in [0.25, 0.3) is 0 Å². The number of nitrogens with zero attached hydrogens (tertiary/aromatic N) is 2. The highest BCUT2D eigenvalue weighted by Crippen LogP contribution is 2.20. The molecule has 0 bridgehead atoms. The number of amides is 1. The maximum absolute atomic E-state index is 12.4. The van der Waals surface area contributed by atoms with Gasteiger partial charge in [-0.25, -0.2) is 4.98 Å². The summed E-state index contributed by atoms with van der Waals surface area (Å²) in [5.41, 5.74) is 3.66. The Morgan fingerprint density at radius 2 is 2.09 bits per heavy atom. The molecule has 23 heavy (non-hydrogen) atoms. The Labute approximate surface area is 141 Å². The molecule has 1 aliphatic heterocycles. The fourth-order valence-corrected chi connectivity index (χ4v) is 2.97. The van der Waals surface area contributed by atoms with Gasteiger partial charge in [0.05, 0.1) is 6.04 Å². The molecule has 0 fully saturated rings. The molecule has 1 amide bonds. The Morgan fingerprint density at radius 1 is 1.30 bits per heavy atom. The molecule has 0 spiro atoms. The number of halogens is 1. The van der Waals surface area contributed by atoms with Crippen molar-refractivity contribution in [2.24, 2.45) is 0 Å². The Balaban J connectivity index is 1.56. The SMILES string of the molecule is CC(C(=O)NCc1ccc(Cl)nc1)N1CCc2ccccc2C1. The van der Waals surface area contributed by atoms with Crippen LogP contribution in [0.3, 0.4) is 0 Å². The predicted octanol–water partition coefficient (Wildman–Crippen LogP) is 2.80. The van der Waals surface area contributed by atoms with Gasteiger partial charge in [-0.2, -0.15) is 0 Å². The number of carbonyl (C=O) groups is 1. The second-order valence-electron chi connectivity index (χ2n) is 5.87. The first-order valence-corrected chi connectivity index (χ1v) is 8.20. The number of carbonyl (C=O) groups excluding carboxylic acids is 1. The molecule has 1 unspecified atom stereocenters. The molecule has 120 valence electrons. The summed E-state index contributed by atoms with van der Waals surface area (Å²) < 4.78 is 0. The first-order valence-electron chi connectivity index (χ1n) is 7.82. The fourth-order valence-electron chi connectivity index (χ4n) is 2.86. The van der Waals surface area contributed by atoms with Crippen LogP contribution in [0.2, 0.25) is 5.15 Å². The molecule has 0 saturated heterocycles. The lowest BCUT2D eigenvalue weighted by Crippen LogP contribution is -2.46. The van der Waals surface area contributed by atoms with Crippen LogP contribution in [0.5, 0.6) is 0 Å². The van der Waals surface area contributed by atoms with Crippen molar-refractivity contribution in [3.63, 3.8) is 0 Å². The second-order valence-corrected chi connectivity index (χ2v) is 6.26. The van der Waals surface area contributed by atoms with Crippen LogP contribution in [0.4, 0.5) is 0 Å². The third kappa shape index (κ3) is 3.89. The van der Waals surface area contributed by atoms with E-state index in [1.165, 1.54) is 11.1 Å². The summed E-state index contributed by atoms with van der Waals surface area (Å²) in [6, 6.07) is 11.9. The summed E-state index contributed by atoms with van der Waals surface area (Å²) in [5.74, 6) is 0.0410. The molecule has 0 radical (unpaired) electrons. The molecule has 0 aliphatic carbocycles. The van der Waals surface area contributed by atoms with Crippen LogP contribution < -0.4 is 5.32 Å². The summed E-state index contributed by atoms with van der Waals surface area (Å²) in [7, 11) is 0. The lowest BCUT2D eigenvalue weighted by atomic mass is 9.99. The predicted molar refractivity (Wildman–Crippen MR) is 91.1 cm³/mol. The molecule has 5 heteroatoms. The molecular formula is C18H20ClN3O. The molecule has 2 heterocycles. The van der Waals surface area contributed by atoms with Crippen molar-refractivity contribution in [1.29, 1.82) is 0 Å². The lowest BCUT2D eigenvalue weighted by Gasteiger charge is -2.32. The van der Waals surface area contributed by atoms with Gasteiger partial charge in [-0.15, -0.1) is 0 Å². The van der Waals surface area contributed by atoms with E-state index in [2.05, 4.69) is 39.5 Å². The van der Waals surface area contributed by atoms with Gasteiger partial charge >= 0.3 is 0 Å². The molecule has 1 N–H and O–H groups in total. The summed E-state index contributed by atoms with van der Waals surface area (Å²) in [6.45, 7) is 4.17. The van der Waals surface area contributed by atoms with Crippen LogP contribution in [-0.2, 0) is 24.3 Å². The van der Waals surface area contributed by atoms with Crippen molar-refractivity contribution in [3.05, 3.63) is 64.4 Å². The highest BCUT2D eigenvalue weighted by molar-refractivity contribution is 6.29. The highest BCUT2D eigenvalue weighted by Gasteiger charge is 2.24. The number of pyridine rings is 1. The minimum absolute atomic E-state index is 0.0410. The largest absolute Gasteiger partial charge is 0.351 e. The Morgan fingerprint density at radius 3 is 2.83 bits per heavy atom. The average molecular weight is 330 g/mol. The average Bonchev–Trinajstić information content (AvgIpc) is 2.60. The molecular weight excluding hydrogens is 310 g/mol. The van der Waals surface area contributed by atoms with Gasteiger partial charge in [-0.1, -0.05) is 41.9 Å². The molecule has 1 atom stereocenters. The third-order valence-corrected chi connectivity index (χ3v) is 4.57. The van der Waals surface area contributed by atoms with Crippen molar-refractivity contribution in [1.82, 2.24) is 15.2 Å². The normalized spacial score (nSPS) is 15.7. The van der Waals surface area contributed by atoms with Crippen LogP contribution in [0.1, 0.15) is 23.6 Å². The minimum atomic E-state index is -0.149. The number of aromatic nitrogens is 1. The summed E-state index contributed by atoms with van der Waals surface area (Å²) >= 11 is 5.76. The standard InChI is InChI=1S/C18H20ClN3O/c1-13(18(23)21-11-14-6-7-17(19)20-10-14)22-9-8-15-4-2-3-5-16(15)12-22/h2-7,10,13H,8-9,11-12H2,1H3,(H,21,23). The topological polar surface area (TPSA) is 45.2 Å². The zero-order chi connectivity index (χ0) is 16.2. The molecule has 3 rings (SSSR count). The van der Waals surface area contributed by atoms with E-state index >= 15 is 0 Å². The van der Waals surface area contributed by atoms with Gasteiger partial charge in [0.2, 0.25) is 5.91 Å². The number of hydrogen-bond donors (Lipinski definition) is 1. The van der Waals surface area contributed by atoms with Crippen LogP contribution in [0, 0.1) is 0 Å². The molecule has 2 aromatic rings. The van der Waals surface area contributed by atoms with Gasteiger partial charge in [0.25, 0.3) is 0 Å². The summed E-state index contributed by atoms with van der Waals surface area (Å²) in [5, 5.41) is 3.43. The molecule has 1 aromatic carbocycles. The van der Waals surface area contributed by atoms with Crippen LogP contribution in [-0.4, -0.2) is 28.4 Å². The number of benzene rings is 1. The summed E-state index contributed by atoms with van der Waals surface area (Å²) in [4.78, 5) is 18.6.